The van der Waals surface area contributed by atoms with Crippen LogP contribution in [0, 0.1) is 13.8 Å². The maximum Gasteiger partial charge on any atom is 0.351 e. The summed E-state index contributed by atoms with van der Waals surface area (Å²) in [5, 5.41) is 8.07. The number of anilines is 1. The summed E-state index contributed by atoms with van der Waals surface area (Å²) >= 11 is 0. The van der Waals surface area contributed by atoms with Gasteiger partial charge in [-0.2, -0.15) is 14.8 Å². The third kappa shape index (κ3) is 4.81. The van der Waals surface area contributed by atoms with Crippen molar-refractivity contribution < 1.29 is 14.1 Å². The van der Waals surface area contributed by atoms with E-state index in [0.717, 1.165) is 20.4 Å². The van der Waals surface area contributed by atoms with E-state index in [9.17, 15) is 14.4 Å². The fourth-order valence-corrected chi connectivity index (χ4v) is 3.60. The number of rotatable bonds is 7. The first kappa shape index (κ1) is 24.6. The molecule has 11 nitrogen and oxygen atoms in total. The molecule has 4 rings (SSSR count). The summed E-state index contributed by atoms with van der Waals surface area (Å²) in [7, 11) is 4.57. The van der Waals surface area contributed by atoms with Crippen molar-refractivity contribution in [3.63, 3.8) is 0 Å². The molecule has 0 aliphatic heterocycles. The van der Waals surface area contributed by atoms with E-state index < -0.39 is 11.2 Å². The molecule has 2 aromatic heterocycles. The number of aryl methyl sites for hydroxylation is 3. The number of methoxy groups -OCH3 is 1. The van der Waals surface area contributed by atoms with Crippen LogP contribution in [0.5, 0.6) is 5.75 Å². The lowest BCUT2D eigenvalue weighted by atomic mass is 10.2. The third-order valence-corrected chi connectivity index (χ3v) is 5.76. The molecular weight excluding hydrogens is 464 g/mol. The topological polar surface area (TPSA) is 125 Å². The molecule has 0 N–H and O–H groups in total. The summed E-state index contributed by atoms with van der Waals surface area (Å²) in [5.41, 5.74) is 1.76. The number of amides is 1. The molecule has 0 fully saturated rings. The highest BCUT2D eigenvalue weighted by Gasteiger charge is 2.21. The maximum absolute atomic E-state index is 12.8. The van der Waals surface area contributed by atoms with Crippen molar-refractivity contribution in [2.75, 3.05) is 19.1 Å². The molecule has 0 saturated carbocycles. The minimum Gasteiger partial charge on any atom is -0.495 e. The third-order valence-electron chi connectivity index (χ3n) is 5.76. The number of carbonyl (C=O) groups is 1. The molecule has 0 aliphatic carbocycles. The lowest BCUT2D eigenvalue weighted by molar-refractivity contribution is -0.118. The highest BCUT2D eigenvalue weighted by Crippen LogP contribution is 2.29. The molecular formula is C25H26N6O5. The molecule has 0 radical (unpaired) electrons. The van der Waals surface area contributed by atoms with E-state index in [1.54, 1.807) is 26.3 Å². The summed E-state index contributed by atoms with van der Waals surface area (Å²) in [5.74, 6) is 0.510. The zero-order valence-electron chi connectivity index (χ0n) is 20.7. The highest BCUT2D eigenvalue weighted by molar-refractivity contribution is 5.94. The molecule has 36 heavy (non-hydrogen) atoms. The Morgan fingerprint density at radius 3 is 2.47 bits per heavy atom. The standard InChI is InChI=1S/C25H26N6O5/c1-15-6-9-17(10-7-15)31-25(34)30(4)24(33)22(27-31)23-26-20(36-28-23)12-13-21(32)29(3)18-14-16(2)8-11-19(18)35-5/h6-11,14H,12-13H2,1-5H3. The van der Waals surface area contributed by atoms with Crippen LogP contribution in [0.3, 0.4) is 0 Å². The smallest absolute Gasteiger partial charge is 0.351 e. The number of nitrogens with zero attached hydrogens (tertiary/aromatic N) is 6. The summed E-state index contributed by atoms with van der Waals surface area (Å²) in [6, 6.07) is 12.7. The fourth-order valence-electron chi connectivity index (χ4n) is 3.60. The first-order valence-corrected chi connectivity index (χ1v) is 11.2. The highest BCUT2D eigenvalue weighted by atomic mass is 16.5. The van der Waals surface area contributed by atoms with Crippen LogP contribution in [0.15, 0.2) is 56.6 Å². The first-order chi connectivity index (χ1) is 17.2. The second-order valence-electron chi connectivity index (χ2n) is 8.38. The minimum atomic E-state index is -0.655. The predicted octanol–water partition coefficient (Wildman–Crippen LogP) is 2.20. The van der Waals surface area contributed by atoms with Crippen molar-refractivity contribution in [3.05, 3.63) is 80.3 Å². The van der Waals surface area contributed by atoms with Crippen molar-refractivity contribution in [2.24, 2.45) is 7.05 Å². The van der Waals surface area contributed by atoms with Crippen molar-refractivity contribution in [2.45, 2.75) is 26.7 Å². The monoisotopic (exact) mass is 490 g/mol. The van der Waals surface area contributed by atoms with Gasteiger partial charge < -0.3 is 14.2 Å². The molecule has 2 aromatic carbocycles. The Bertz CT molecular complexity index is 1530. The van der Waals surface area contributed by atoms with Gasteiger partial charge in [0.1, 0.15) is 5.75 Å². The van der Waals surface area contributed by atoms with Crippen LogP contribution in [0.25, 0.3) is 17.2 Å². The molecule has 0 atom stereocenters. The van der Waals surface area contributed by atoms with Gasteiger partial charge in [0.05, 0.1) is 18.5 Å². The molecule has 0 bridgehead atoms. The number of ether oxygens (including phenoxy) is 1. The van der Waals surface area contributed by atoms with Gasteiger partial charge in [0.2, 0.25) is 17.6 Å². The Balaban J connectivity index is 1.56. The summed E-state index contributed by atoms with van der Waals surface area (Å²) in [6.45, 7) is 3.86. The van der Waals surface area contributed by atoms with E-state index in [1.165, 1.54) is 11.9 Å². The number of carbonyl (C=O) groups excluding carboxylic acids is 1. The van der Waals surface area contributed by atoms with Crippen molar-refractivity contribution in [1.29, 1.82) is 0 Å². The van der Waals surface area contributed by atoms with E-state index in [4.69, 9.17) is 9.26 Å². The Hall–Kier alpha value is -4.54. The van der Waals surface area contributed by atoms with E-state index in [2.05, 4.69) is 15.2 Å². The number of benzene rings is 2. The molecule has 0 unspecified atom stereocenters. The SMILES string of the molecule is COc1ccc(C)cc1N(C)C(=O)CCc1nc(-c2nn(-c3ccc(C)cc3)c(=O)n(C)c2=O)no1. The second-order valence-corrected chi connectivity index (χ2v) is 8.38. The van der Waals surface area contributed by atoms with Gasteiger partial charge in [-0.3, -0.25) is 14.2 Å². The largest absolute Gasteiger partial charge is 0.495 e. The normalized spacial score (nSPS) is 10.9. The lowest BCUT2D eigenvalue weighted by Crippen LogP contribution is -2.40. The van der Waals surface area contributed by atoms with Gasteiger partial charge in [-0.05, 0) is 43.7 Å². The molecule has 11 heteroatoms. The zero-order valence-corrected chi connectivity index (χ0v) is 20.7. The molecule has 0 aliphatic rings. The maximum atomic E-state index is 12.8. The molecule has 186 valence electrons. The summed E-state index contributed by atoms with van der Waals surface area (Å²) in [6.07, 6.45) is 0.242. The first-order valence-electron chi connectivity index (χ1n) is 11.2. The molecule has 2 heterocycles. The van der Waals surface area contributed by atoms with Crippen LogP contribution >= 0.6 is 0 Å². The van der Waals surface area contributed by atoms with Gasteiger partial charge >= 0.3 is 5.69 Å². The van der Waals surface area contributed by atoms with Gasteiger partial charge in [0, 0.05) is 26.9 Å². The van der Waals surface area contributed by atoms with Gasteiger partial charge in [0.25, 0.3) is 5.56 Å². The molecule has 1 amide bonds. The Kier molecular flexibility index (Phi) is 6.82. The lowest BCUT2D eigenvalue weighted by Gasteiger charge is -2.20. The van der Waals surface area contributed by atoms with Crippen molar-refractivity contribution in [3.8, 4) is 23.0 Å². The Morgan fingerprint density at radius 2 is 1.78 bits per heavy atom. The van der Waals surface area contributed by atoms with Gasteiger partial charge in [-0.15, -0.1) is 0 Å². The summed E-state index contributed by atoms with van der Waals surface area (Å²) in [4.78, 5) is 43.9. The van der Waals surface area contributed by atoms with Crippen molar-refractivity contribution >= 4 is 11.6 Å². The van der Waals surface area contributed by atoms with E-state index in [0.29, 0.717) is 17.1 Å². The Labute approximate surface area is 206 Å². The van der Waals surface area contributed by atoms with E-state index in [1.807, 2.05) is 44.2 Å². The van der Waals surface area contributed by atoms with Gasteiger partial charge in [-0.25, -0.2) is 4.79 Å². The van der Waals surface area contributed by atoms with Crippen LogP contribution < -0.4 is 20.9 Å². The average Bonchev–Trinajstić information content (AvgIpc) is 3.35. The molecule has 4 aromatic rings. The van der Waals surface area contributed by atoms with E-state index in [-0.39, 0.29) is 36.2 Å². The quantitative estimate of drug-likeness (QED) is 0.386. The van der Waals surface area contributed by atoms with Crippen LogP contribution in [0.4, 0.5) is 5.69 Å². The average molecular weight is 491 g/mol. The fraction of sp³-hybridized carbons (Fsp3) is 0.280. The number of hydrogen-bond donors (Lipinski definition) is 0. The number of hydrogen-bond acceptors (Lipinski definition) is 8. The van der Waals surface area contributed by atoms with E-state index >= 15 is 0 Å². The van der Waals surface area contributed by atoms with Gasteiger partial charge in [0.15, 0.2) is 5.69 Å². The second kappa shape index (κ2) is 9.98. The minimum absolute atomic E-state index is 0.0624. The van der Waals surface area contributed by atoms with Crippen LogP contribution in [-0.4, -0.2) is 44.6 Å². The molecule has 0 spiro atoms. The molecule has 0 saturated heterocycles. The zero-order chi connectivity index (χ0) is 26.0. The van der Waals surface area contributed by atoms with Crippen LogP contribution in [0.2, 0.25) is 0 Å². The van der Waals surface area contributed by atoms with Crippen LogP contribution in [-0.2, 0) is 18.3 Å². The van der Waals surface area contributed by atoms with Crippen LogP contribution in [0.1, 0.15) is 23.4 Å². The van der Waals surface area contributed by atoms with Crippen molar-refractivity contribution in [1.82, 2.24) is 24.5 Å². The summed E-state index contributed by atoms with van der Waals surface area (Å²) < 4.78 is 12.7. The predicted molar refractivity (Wildman–Crippen MR) is 133 cm³/mol. The number of aromatic nitrogens is 5. The Morgan fingerprint density at radius 1 is 1.08 bits per heavy atom. The van der Waals surface area contributed by atoms with Gasteiger partial charge in [-0.1, -0.05) is 28.9 Å².